The number of piperidine rings is 1. The largest absolute Gasteiger partial charge is 0.369 e. The third-order valence-corrected chi connectivity index (χ3v) is 3.39. The maximum Gasteiger partial charge on any atom is 0.231 e. The zero-order valence-corrected chi connectivity index (χ0v) is 10.6. The molecule has 6 nitrogen and oxygen atoms in total. The molecule has 18 heavy (non-hydrogen) atoms. The molecule has 0 atom stereocenters. The summed E-state index contributed by atoms with van der Waals surface area (Å²) >= 11 is 0. The second-order valence-electron chi connectivity index (χ2n) is 4.72. The van der Waals surface area contributed by atoms with Crippen LogP contribution in [0.15, 0.2) is 18.7 Å². The third-order valence-electron chi connectivity index (χ3n) is 3.39. The summed E-state index contributed by atoms with van der Waals surface area (Å²) < 4.78 is 2.02. The quantitative estimate of drug-likeness (QED) is 0.709. The van der Waals surface area contributed by atoms with E-state index >= 15 is 0 Å². The van der Waals surface area contributed by atoms with E-state index in [1.165, 1.54) is 0 Å². The van der Waals surface area contributed by atoms with Crippen LogP contribution in [0.5, 0.6) is 0 Å². The highest BCUT2D eigenvalue weighted by atomic mass is 16.1. The van der Waals surface area contributed by atoms with Crippen LogP contribution in [0.3, 0.4) is 0 Å². The Morgan fingerprint density at radius 3 is 2.89 bits per heavy atom. The Bertz CT molecular complexity index is 359. The lowest BCUT2D eigenvalue weighted by Crippen LogP contribution is -2.47. The molecule has 1 aliphatic heterocycles. The van der Waals surface area contributed by atoms with Gasteiger partial charge in [0.2, 0.25) is 5.91 Å². The van der Waals surface area contributed by atoms with Crippen molar-refractivity contribution in [2.24, 2.45) is 5.73 Å². The highest BCUT2D eigenvalue weighted by Crippen LogP contribution is 2.11. The molecular weight excluding hydrogens is 230 g/mol. The number of imidazole rings is 1. The Labute approximate surface area is 107 Å². The average molecular weight is 251 g/mol. The van der Waals surface area contributed by atoms with Gasteiger partial charge in [0, 0.05) is 31.5 Å². The summed E-state index contributed by atoms with van der Waals surface area (Å²) in [5.41, 5.74) is 5.33. The van der Waals surface area contributed by atoms with E-state index in [1.807, 2.05) is 10.8 Å². The van der Waals surface area contributed by atoms with Gasteiger partial charge in [-0.3, -0.25) is 9.69 Å². The van der Waals surface area contributed by atoms with E-state index in [1.54, 1.807) is 12.5 Å². The third kappa shape index (κ3) is 3.82. The molecule has 0 unspecified atom stereocenters. The number of amides is 1. The number of carbonyl (C=O) groups excluding carboxylic acids is 1. The van der Waals surface area contributed by atoms with Gasteiger partial charge in [-0.25, -0.2) is 4.98 Å². The number of nitrogens with two attached hydrogens (primary N) is 1. The molecule has 2 heterocycles. The summed E-state index contributed by atoms with van der Waals surface area (Å²) in [5.74, 6) is -0.251. The van der Waals surface area contributed by atoms with Crippen LogP contribution in [-0.4, -0.2) is 52.6 Å². The first-order valence-corrected chi connectivity index (χ1v) is 6.44. The van der Waals surface area contributed by atoms with Crippen molar-refractivity contribution >= 4 is 5.91 Å². The minimum Gasteiger partial charge on any atom is -0.369 e. The first kappa shape index (κ1) is 13.0. The van der Waals surface area contributed by atoms with Crippen molar-refractivity contribution in [3.63, 3.8) is 0 Å². The van der Waals surface area contributed by atoms with Gasteiger partial charge in [0.15, 0.2) is 0 Å². The Hall–Kier alpha value is -1.40. The van der Waals surface area contributed by atoms with Crippen molar-refractivity contribution in [3.05, 3.63) is 18.7 Å². The van der Waals surface area contributed by atoms with Gasteiger partial charge >= 0.3 is 0 Å². The van der Waals surface area contributed by atoms with E-state index in [9.17, 15) is 4.79 Å². The molecule has 6 heteroatoms. The van der Waals surface area contributed by atoms with Crippen molar-refractivity contribution in [1.82, 2.24) is 19.8 Å². The summed E-state index contributed by atoms with van der Waals surface area (Å²) in [6.07, 6.45) is 7.66. The van der Waals surface area contributed by atoms with Crippen molar-refractivity contribution in [3.8, 4) is 0 Å². The van der Waals surface area contributed by atoms with Gasteiger partial charge in [-0.15, -0.1) is 0 Å². The summed E-state index contributed by atoms with van der Waals surface area (Å²) in [6, 6.07) is 0.460. The second kappa shape index (κ2) is 6.51. The van der Waals surface area contributed by atoms with E-state index in [-0.39, 0.29) is 5.91 Å². The van der Waals surface area contributed by atoms with Crippen LogP contribution >= 0.6 is 0 Å². The van der Waals surface area contributed by atoms with Gasteiger partial charge in [-0.2, -0.15) is 0 Å². The van der Waals surface area contributed by atoms with E-state index in [0.29, 0.717) is 12.6 Å². The van der Waals surface area contributed by atoms with Gasteiger partial charge in [-0.05, 0) is 25.9 Å². The zero-order valence-electron chi connectivity index (χ0n) is 10.6. The lowest BCUT2D eigenvalue weighted by Gasteiger charge is -2.33. The number of primary amides is 1. The normalized spacial score (nSPS) is 17.2. The molecule has 0 spiro atoms. The maximum atomic E-state index is 11.2. The minimum absolute atomic E-state index is 0.251. The van der Waals surface area contributed by atoms with E-state index in [2.05, 4.69) is 15.2 Å². The van der Waals surface area contributed by atoms with E-state index < -0.39 is 0 Å². The maximum absolute atomic E-state index is 11.2. The average Bonchev–Trinajstić information content (AvgIpc) is 2.88. The van der Waals surface area contributed by atoms with E-state index in [4.69, 9.17) is 5.73 Å². The number of nitrogens with zero attached hydrogens (tertiary/aromatic N) is 3. The Morgan fingerprint density at radius 2 is 2.28 bits per heavy atom. The molecule has 1 aromatic heterocycles. The Balaban J connectivity index is 1.89. The van der Waals surface area contributed by atoms with Crippen molar-refractivity contribution in [1.29, 1.82) is 0 Å². The van der Waals surface area contributed by atoms with Crippen LogP contribution in [0, 0.1) is 0 Å². The standard InChI is InChI=1S/C12H21N5O/c13-12(18)9-17(11-1-3-14-4-2-11)8-7-16-6-5-15-10-16/h5-6,10-11,14H,1-4,7-9H2,(H2,13,18). The molecule has 1 aromatic rings. The molecule has 0 aliphatic carbocycles. The molecule has 0 saturated carbocycles. The predicted molar refractivity (Wildman–Crippen MR) is 68.9 cm³/mol. The van der Waals surface area contributed by atoms with Crippen LogP contribution in [0.2, 0.25) is 0 Å². The van der Waals surface area contributed by atoms with Crippen molar-refractivity contribution in [2.45, 2.75) is 25.4 Å². The second-order valence-corrected chi connectivity index (χ2v) is 4.72. The van der Waals surface area contributed by atoms with Gasteiger partial charge in [0.25, 0.3) is 0 Å². The first-order valence-electron chi connectivity index (χ1n) is 6.44. The molecule has 2 rings (SSSR count). The molecule has 0 bridgehead atoms. The lowest BCUT2D eigenvalue weighted by molar-refractivity contribution is -0.119. The lowest BCUT2D eigenvalue weighted by atomic mass is 10.0. The van der Waals surface area contributed by atoms with Crippen LogP contribution in [0.25, 0.3) is 0 Å². The van der Waals surface area contributed by atoms with Crippen LogP contribution in [0.1, 0.15) is 12.8 Å². The van der Waals surface area contributed by atoms with Crippen LogP contribution < -0.4 is 11.1 Å². The van der Waals surface area contributed by atoms with Crippen molar-refractivity contribution in [2.75, 3.05) is 26.2 Å². The molecule has 3 N–H and O–H groups in total. The number of carbonyl (C=O) groups is 1. The summed E-state index contributed by atoms with van der Waals surface area (Å²) in [5, 5.41) is 3.33. The highest BCUT2D eigenvalue weighted by molar-refractivity contribution is 5.75. The number of rotatable bonds is 6. The molecule has 1 amide bonds. The number of hydrogen-bond acceptors (Lipinski definition) is 4. The van der Waals surface area contributed by atoms with Gasteiger partial charge in [0.05, 0.1) is 12.9 Å². The molecule has 1 aliphatic rings. The van der Waals surface area contributed by atoms with Gasteiger partial charge < -0.3 is 15.6 Å². The topological polar surface area (TPSA) is 76.2 Å². The van der Waals surface area contributed by atoms with Crippen molar-refractivity contribution < 1.29 is 4.79 Å². The molecule has 1 fully saturated rings. The molecule has 1 saturated heterocycles. The number of hydrogen-bond donors (Lipinski definition) is 2. The zero-order chi connectivity index (χ0) is 12.8. The summed E-state index contributed by atoms with van der Waals surface area (Å²) in [7, 11) is 0. The van der Waals surface area contributed by atoms with Crippen LogP contribution in [0.4, 0.5) is 0 Å². The van der Waals surface area contributed by atoms with Crippen LogP contribution in [-0.2, 0) is 11.3 Å². The minimum atomic E-state index is -0.251. The van der Waals surface area contributed by atoms with Gasteiger partial charge in [-0.1, -0.05) is 0 Å². The summed E-state index contributed by atoms with van der Waals surface area (Å²) in [6.45, 7) is 4.07. The molecule has 0 aromatic carbocycles. The molecule has 0 radical (unpaired) electrons. The Morgan fingerprint density at radius 1 is 1.50 bits per heavy atom. The SMILES string of the molecule is NC(=O)CN(CCn1ccnc1)C1CCNCC1. The van der Waals surface area contributed by atoms with E-state index in [0.717, 1.165) is 39.0 Å². The smallest absolute Gasteiger partial charge is 0.231 e. The number of nitrogens with one attached hydrogen (secondary N) is 1. The summed E-state index contributed by atoms with van der Waals surface area (Å²) in [4.78, 5) is 17.4. The fourth-order valence-electron chi connectivity index (χ4n) is 2.43. The predicted octanol–water partition coefficient (Wildman–Crippen LogP) is -0.578. The molecule has 100 valence electrons. The molecular formula is C12H21N5O. The highest BCUT2D eigenvalue weighted by Gasteiger charge is 2.21. The Kier molecular flexibility index (Phi) is 4.72. The van der Waals surface area contributed by atoms with Gasteiger partial charge in [0.1, 0.15) is 0 Å². The fourth-order valence-corrected chi connectivity index (χ4v) is 2.43. The first-order chi connectivity index (χ1) is 8.75. The fraction of sp³-hybridized carbons (Fsp3) is 0.667. The number of aromatic nitrogens is 2. The monoisotopic (exact) mass is 251 g/mol.